The van der Waals surface area contributed by atoms with Crippen LogP contribution in [0.1, 0.15) is 39.5 Å². The van der Waals surface area contributed by atoms with Crippen LogP contribution in [0.3, 0.4) is 0 Å². The van der Waals surface area contributed by atoms with E-state index in [0.717, 1.165) is 0 Å². The zero-order valence-corrected chi connectivity index (χ0v) is 19.5. The molecule has 3 amide bonds. The number of nitrogens with zero attached hydrogens (tertiary/aromatic N) is 1. The molecule has 0 radical (unpaired) electrons. The van der Waals surface area contributed by atoms with Gasteiger partial charge in [-0.2, -0.15) is 24.4 Å². The van der Waals surface area contributed by atoms with Gasteiger partial charge >= 0.3 is 5.97 Å². The molecule has 1 heterocycles. The van der Waals surface area contributed by atoms with Crippen molar-refractivity contribution < 1.29 is 24.3 Å². The molecule has 4 unspecified atom stereocenters. The molecule has 1 fully saturated rings. The first-order valence-electron chi connectivity index (χ1n) is 10.1. The van der Waals surface area contributed by atoms with Gasteiger partial charge in [-0.15, -0.1) is 0 Å². The van der Waals surface area contributed by atoms with Gasteiger partial charge in [0, 0.05) is 12.3 Å². The maximum atomic E-state index is 12.9. The van der Waals surface area contributed by atoms with E-state index in [1.54, 1.807) is 0 Å². The Labute approximate surface area is 187 Å². The van der Waals surface area contributed by atoms with E-state index in [-0.39, 0.29) is 24.0 Å². The molecule has 0 bridgehead atoms. The van der Waals surface area contributed by atoms with E-state index in [0.29, 0.717) is 31.6 Å². The molecular formula is C19H34N4O5S2. The highest BCUT2D eigenvalue weighted by atomic mass is 32.2. The summed E-state index contributed by atoms with van der Waals surface area (Å²) in [5.41, 5.74) is 5.78. The summed E-state index contributed by atoms with van der Waals surface area (Å²) >= 11 is 5.54. The minimum absolute atomic E-state index is 0.0921. The topological polar surface area (TPSA) is 142 Å². The number of thioether (sulfide) groups is 1. The highest BCUT2D eigenvalue weighted by Crippen LogP contribution is 2.19. The van der Waals surface area contributed by atoms with Gasteiger partial charge in [0.1, 0.15) is 18.1 Å². The van der Waals surface area contributed by atoms with Crippen LogP contribution in [0.2, 0.25) is 0 Å². The van der Waals surface area contributed by atoms with E-state index in [1.165, 1.54) is 16.7 Å². The summed E-state index contributed by atoms with van der Waals surface area (Å²) in [4.78, 5) is 51.0. The first-order chi connectivity index (χ1) is 14.1. The van der Waals surface area contributed by atoms with Gasteiger partial charge in [-0.05, 0) is 43.6 Å². The van der Waals surface area contributed by atoms with Crippen molar-refractivity contribution in [3.05, 3.63) is 0 Å². The number of carboxylic acids is 1. The molecule has 9 nitrogen and oxygen atoms in total. The third kappa shape index (κ3) is 7.99. The van der Waals surface area contributed by atoms with Crippen molar-refractivity contribution in [2.24, 2.45) is 11.7 Å². The SMILES string of the molecule is CSCCC(NC(=O)C(CC(C)C)NC(=O)C1CCCN1C(=O)C(N)CS)C(=O)O. The lowest BCUT2D eigenvalue weighted by atomic mass is 10.0. The fourth-order valence-corrected chi connectivity index (χ4v) is 3.96. The molecule has 0 aromatic heterocycles. The maximum Gasteiger partial charge on any atom is 0.326 e. The Morgan fingerprint density at radius 3 is 2.43 bits per heavy atom. The van der Waals surface area contributed by atoms with Crippen molar-refractivity contribution in [1.29, 1.82) is 0 Å². The molecule has 172 valence electrons. The summed E-state index contributed by atoms with van der Waals surface area (Å²) in [7, 11) is 0. The van der Waals surface area contributed by atoms with Crippen LogP contribution in [0.4, 0.5) is 0 Å². The second kappa shape index (κ2) is 13.1. The number of hydrogen-bond acceptors (Lipinski definition) is 7. The lowest BCUT2D eigenvalue weighted by Gasteiger charge is -2.28. The summed E-state index contributed by atoms with van der Waals surface area (Å²) < 4.78 is 0. The van der Waals surface area contributed by atoms with E-state index in [9.17, 15) is 24.3 Å². The van der Waals surface area contributed by atoms with Crippen LogP contribution in [0.15, 0.2) is 0 Å². The molecule has 30 heavy (non-hydrogen) atoms. The average Bonchev–Trinajstić information content (AvgIpc) is 3.18. The molecule has 0 saturated carbocycles. The Morgan fingerprint density at radius 1 is 1.23 bits per heavy atom. The molecule has 1 aliphatic rings. The Bertz CT molecular complexity index is 620. The van der Waals surface area contributed by atoms with Gasteiger partial charge in [0.15, 0.2) is 0 Å². The fraction of sp³-hybridized carbons (Fsp3) is 0.789. The predicted molar refractivity (Wildman–Crippen MR) is 121 cm³/mol. The predicted octanol–water partition coefficient (Wildman–Crippen LogP) is 0.0879. The first kappa shape index (κ1) is 26.6. The lowest BCUT2D eigenvalue weighted by molar-refractivity contribution is -0.143. The Balaban J connectivity index is 2.87. The number of carbonyl (C=O) groups excluding carboxylic acids is 3. The Morgan fingerprint density at radius 2 is 1.90 bits per heavy atom. The zero-order chi connectivity index (χ0) is 22.8. The number of thiol groups is 1. The summed E-state index contributed by atoms with van der Waals surface area (Å²) in [5.74, 6) is -1.56. The van der Waals surface area contributed by atoms with Crippen molar-refractivity contribution in [3.8, 4) is 0 Å². The van der Waals surface area contributed by atoms with Crippen LogP contribution in [-0.2, 0) is 19.2 Å². The highest BCUT2D eigenvalue weighted by molar-refractivity contribution is 7.98. The number of amides is 3. The van der Waals surface area contributed by atoms with Crippen molar-refractivity contribution in [2.45, 2.75) is 63.7 Å². The van der Waals surface area contributed by atoms with Crippen LogP contribution < -0.4 is 16.4 Å². The zero-order valence-electron chi connectivity index (χ0n) is 17.8. The van der Waals surface area contributed by atoms with Gasteiger partial charge in [0.25, 0.3) is 0 Å². The van der Waals surface area contributed by atoms with Gasteiger partial charge in [-0.25, -0.2) is 4.79 Å². The third-order valence-electron chi connectivity index (χ3n) is 4.92. The minimum atomic E-state index is -1.11. The van der Waals surface area contributed by atoms with E-state index in [4.69, 9.17) is 5.73 Å². The van der Waals surface area contributed by atoms with Crippen LogP contribution in [0.25, 0.3) is 0 Å². The number of nitrogens with one attached hydrogen (secondary N) is 2. The summed E-state index contributed by atoms with van der Waals surface area (Å²) in [6, 6.07) is -3.39. The fourth-order valence-electron chi connectivity index (χ4n) is 3.33. The molecular weight excluding hydrogens is 428 g/mol. The van der Waals surface area contributed by atoms with Crippen LogP contribution in [0.5, 0.6) is 0 Å². The second-order valence-corrected chi connectivity index (χ2v) is 9.20. The number of rotatable bonds is 12. The number of nitrogens with two attached hydrogens (primary N) is 1. The van der Waals surface area contributed by atoms with Crippen LogP contribution >= 0.6 is 24.4 Å². The normalized spacial score (nSPS) is 19.3. The molecule has 1 rings (SSSR count). The lowest BCUT2D eigenvalue weighted by Crippen LogP contribution is -2.57. The average molecular weight is 463 g/mol. The van der Waals surface area contributed by atoms with Crippen molar-refractivity contribution in [1.82, 2.24) is 15.5 Å². The number of carbonyl (C=O) groups is 4. The second-order valence-electron chi connectivity index (χ2n) is 7.85. The number of aliphatic carboxylic acids is 1. The molecule has 0 spiro atoms. The summed E-state index contributed by atoms with van der Waals surface area (Å²) in [5, 5.41) is 14.6. The smallest absolute Gasteiger partial charge is 0.326 e. The Kier molecular flexibility index (Phi) is 11.6. The summed E-state index contributed by atoms with van der Waals surface area (Å²) in [6.07, 6.45) is 3.65. The molecule has 1 aliphatic heterocycles. The first-order valence-corrected chi connectivity index (χ1v) is 12.1. The van der Waals surface area contributed by atoms with E-state index in [1.807, 2.05) is 20.1 Å². The molecule has 0 aromatic carbocycles. The standard InChI is InChI=1S/C19H34N4O5S2/c1-11(2)9-14(16(24)21-13(19(27)28)6-8-30-3)22-17(25)15-5-4-7-23(15)18(26)12(20)10-29/h11-15,29H,4-10,20H2,1-3H3,(H,21,24)(H,22,25)(H,27,28). The molecule has 0 aliphatic carbocycles. The molecule has 1 saturated heterocycles. The molecule has 5 N–H and O–H groups in total. The number of hydrogen-bond donors (Lipinski definition) is 5. The largest absolute Gasteiger partial charge is 0.480 e. The summed E-state index contributed by atoms with van der Waals surface area (Å²) in [6.45, 7) is 4.24. The highest BCUT2D eigenvalue weighted by Gasteiger charge is 2.37. The number of carboxylic acid groups (broad SMARTS) is 1. The third-order valence-corrected chi connectivity index (χ3v) is 5.96. The molecule has 0 aromatic rings. The van der Waals surface area contributed by atoms with Crippen molar-refractivity contribution in [2.75, 3.05) is 24.3 Å². The molecule has 4 atom stereocenters. The van der Waals surface area contributed by atoms with Gasteiger partial charge in [0.2, 0.25) is 17.7 Å². The van der Waals surface area contributed by atoms with Gasteiger partial charge in [-0.1, -0.05) is 13.8 Å². The molecule has 11 heteroatoms. The maximum absolute atomic E-state index is 12.9. The van der Waals surface area contributed by atoms with E-state index < -0.39 is 42.0 Å². The van der Waals surface area contributed by atoms with Crippen LogP contribution in [-0.4, -0.2) is 82.2 Å². The van der Waals surface area contributed by atoms with Crippen molar-refractivity contribution in [3.63, 3.8) is 0 Å². The minimum Gasteiger partial charge on any atom is -0.480 e. The quantitative estimate of drug-likeness (QED) is 0.259. The van der Waals surface area contributed by atoms with Crippen LogP contribution in [0, 0.1) is 5.92 Å². The van der Waals surface area contributed by atoms with E-state index >= 15 is 0 Å². The Hall–Kier alpha value is -1.46. The van der Waals surface area contributed by atoms with Gasteiger partial charge < -0.3 is 26.4 Å². The number of likely N-dealkylation sites (tertiary alicyclic amines) is 1. The van der Waals surface area contributed by atoms with Gasteiger partial charge in [0.05, 0.1) is 6.04 Å². The van der Waals surface area contributed by atoms with E-state index in [2.05, 4.69) is 23.3 Å². The monoisotopic (exact) mass is 462 g/mol. The van der Waals surface area contributed by atoms with Crippen molar-refractivity contribution >= 4 is 48.1 Å². The van der Waals surface area contributed by atoms with Gasteiger partial charge in [-0.3, -0.25) is 14.4 Å².